The van der Waals surface area contributed by atoms with Crippen molar-refractivity contribution >= 4 is 38.9 Å². The standard InChI is InChI=1S/C23H23ClN2O5S/c1-15-19(24)7-6-8-20(15)26-32(28,29)18-13-11-17(12-14-18)25-23(27)16(2)31-22-10-5-4-9-21(22)30-3/h4-14,16,26H,1-3H3,(H,25,27)/t16-/m1/s1. The molecule has 0 heterocycles. The maximum atomic E-state index is 12.7. The van der Waals surface area contributed by atoms with Crippen LogP contribution in [0.4, 0.5) is 11.4 Å². The summed E-state index contributed by atoms with van der Waals surface area (Å²) >= 11 is 6.06. The first-order chi connectivity index (χ1) is 15.2. The molecule has 32 heavy (non-hydrogen) atoms. The number of hydrogen-bond acceptors (Lipinski definition) is 5. The molecule has 3 aromatic rings. The number of halogens is 1. The van der Waals surface area contributed by atoms with Crippen LogP contribution >= 0.6 is 11.6 Å². The van der Waals surface area contributed by atoms with E-state index in [0.717, 1.165) is 0 Å². The Morgan fingerprint density at radius 2 is 1.62 bits per heavy atom. The number of nitrogens with one attached hydrogen (secondary N) is 2. The molecule has 3 aromatic carbocycles. The van der Waals surface area contributed by atoms with Gasteiger partial charge in [-0.3, -0.25) is 9.52 Å². The highest BCUT2D eigenvalue weighted by Gasteiger charge is 2.19. The van der Waals surface area contributed by atoms with E-state index in [1.807, 2.05) is 0 Å². The van der Waals surface area contributed by atoms with Crippen LogP contribution in [0.15, 0.2) is 71.6 Å². The summed E-state index contributed by atoms with van der Waals surface area (Å²) in [7, 11) is -2.30. The third-order valence-corrected chi connectivity index (χ3v) is 6.48. The summed E-state index contributed by atoms with van der Waals surface area (Å²) in [6, 6.07) is 17.8. The summed E-state index contributed by atoms with van der Waals surface area (Å²) in [6.07, 6.45) is -0.804. The zero-order chi connectivity index (χ0) is 23.3. The second-order valence-electron chi connectivity index (χ2n) is 6.94. The zero-order valence-corrected chi connectivity index (χ0v) is 19.3. The van der Waals surface area contributed by atoms with Crippen molar-refractivity contribution in [3.63, 3.8) is 0 Å². The van der Waals surface area contributed by atoms with Crippen LogP contribution < -0.4 is 19.5 Å². The van der Waals surface area contributed by atoms with Gasteiger partial charge in [-0.1, -0.05) is 29.8 Å². The molecule has 0 fully saturated rings. The van der Waals surface area contributed by atoms with Gasteiger partial charge in [0, 0.05) is 10.7 Å². The molecule has 0 aliphatic rings. The monoisotopic (exact) mass is 474 g/mol. The average Bonchev–Trinajstić information content (AvgIpc) is 2.77. The van der Waals surface area contributed by atoms with Gasteiger partial charge in [0.1, 0.15) is 0 Å². The molecule has 0 aliphatic heterocycles. The number of para-hydroxylation sites is 2. The molecule has 3 rings (SSSR count). The van der Waals surface area contributed by atoms with Crippen molar-refractivity contribution < 1.29 is 22.7 Å². The van der Waals surface area contributed by atoms with Gasteiger partial charge in [-0.05, 0) is 67.9 Å². The predicted molar refractivity (Wildman–Crippen MR) is 125 cm³/mol. The van der Waals surface area contributed by atoms with E-state index >= 15 is 0 Å². The Morgan fingerprint density at radius 1 is 0.969 bits per heavy atom. The Labute approximate surface area is 192 Å². The van der Waals surface area contributed by atoms with Crippen LogP contribution in [0.1, 0.15) is 12.5 Å². The van der Waals surface area contributed by atoms with E-state index in [-0.39, 0.29) is 10.8 Å². The van der Waals surface area contributed by atoms with E-state index in [0.29, 0.717) is 33.5 Å². The first kappa shape index (κ1) is 23.4. The lowest BCUT2D eigenvalue weighted by molar-refractivity contribution is -0.122. The number of amides is 1. The normalized spacial score (nSPS) is 12.0. The Morgan fingerprint density at radius 3 is 2.28 bits per heavy atom. The maximum absolute atomic E-state index is 12.7. The average molecular weight is 475 g/mol. The van der Waals surface area contributed by atoms with Gasteiger partial charge < -0.3 is 14.8 Å². The molecule has 2 N–H and O–H groups in total. The van der Waals surface area contributed by atoms with E-state index < -0.39 is 16.1 Å². The number of carbonyl (C=O) groups is 1. The summed E-state index contributed by atoms with van der Waals surface area (Å²) in [5.74, 6) is 0.574. The number of rotatable bonds is 8. The van der Waals surface area contributed by atoms with Gasteiger partial charge >= 0.3 is 0 Å². The highest BCUT2D eigenvalue weighted by Crippen LogP contribution is 2.28. The lowest BCUT2D eigenvalue weighted by atomic mass is 10.2. The smallest absolute Gasteiger partial charge is 0.265 e. The molecular weight excluding hydrogens is 452 g/mol. The molecule has 0 radical (unpaired) electrons. The first-order valence-electron chi connectivity index (χ1n) is 9.70. The lowest BCUT2D eigenvalue weighted by Gasteiger charge is -2.17. The number of ether oxygens (including phenoxy) is 2. The minimum absolute atomic E-state index is 0.0493. The summed E-state index contributed by atoms with van der Waals surface area (Å²) in [4.78, 5) is 12.5. The molecule has 168 valence electrons. The Bertz CT molecular complexity index is 1210. The number of anilines is 2. The number of hydrogen-bond donors (Lipinski definition) is 2. The molecule has 1 atom stereocenters. The van der Waals surface area contributed by atoms with Crippen LogP contribution in [0.3, 0.4) is 0 Å². The highest BCUT2D eigenvalue weighted by molar-refractivity contribution is 7.92. The summed E-state index contributed by atoms with van der Waals surface area (Å²) in [5, 5.41) is 3.17. The Balaban J connectivity index is 1.67. The third kappa shape index (κ3) is 5.52. The fraction of sp³-hybridized carbons (Fsp3) is 0.174. The number of benzene rings is 3. The SMILES string of the molecule is COc1ccccc1O[C@H](C)C(=O)Nc1ccc(S(=O)(=O)Nc2cccc(Cl)c2C)cc1. The molecule has 9 heteroatoms. The molecule has 0 aromatic heterocycles. The van der Waals surface area contributed by atoms with Gasteiger partial charge in [-0.25, -0.2) is 8.42 Å². The van der Waals surface area contributed by atoms with Crippen molar-refractivity contribution in [3.8, 4) is 11.5 Å². The summed E-state index contributed by atoms with van der Waals surface area (Å²) < 4.78 is 38.8. The van der Waals surface area contributed by atoms with Crippen LogP contribution in [-0.2, 0) is 14.8 Å². The highest BCUT2D eigenvalue weighted by atomic mass is 35.5. The Hall–Kier alpha value is -3.23. The summed E-state index contributed by atoms with van der Waals surface area (Å²) in [6.45, 7) is 3.34. The molecular formula is C23H23ClN2O5S. The van der Waals surface area contributed by atoms with Gasteiger partial charge in [0.2, 0.25) is 0 Å². The lowest BCUT2D eigenvalue weighted by Crippen LogP contribution is -2.30. The quantitative estimate of drug-likeness (QED) is 0.486. The molecule has 0 saturated carbocycles. The third-order valence-electron chi connectivity index (χ3n) is 4.69. The van der Waals surface area contributed by atoms with Crippen LogP contribution in [0.5, 0.6) is 11.5 Å². The minimum Gasteiger partial charge on any atom is -0.493 e. The van der Waals surface area contributed by atoms with Crippen molar-refractivity contribution in [3.05, 3.63) is 77.3 Å². The van der Waals surface area contributed by atoms with Gasteiger partial charge in [0.05, 0.1) is 17.7 Å². The molecule has 0 bridgehead atoms. The molecule has 7 nitrogen and oxygen atoms in total. The van der Waals surface area contributed by atoms with Crippen molar-refractivity contribution in [2.24, 2.45) is 0 Å². The number of carbonyl (C=O) groups excluding carboxylic acids is 1. The predicted octanol–water partition coefficient (Wildman–Crippen LogP) is 4.86. The molecule has 1 amide bonds. The van der Waals surface area contributed by atoms with E-state index in [1.165, 1.54) is 31.4 Å². The van der Waals surface area contributed by atoms with E-state index in [1.54, 1.807) is 56.3 Å². The van der Waals surface area contributed by atoms with Gasteiger partial charge in [0.15, 0.2) is 17.6 Å². The fourth-order valence-corrected chi connectivity index (χ4v) is 4.14. The second kappa shape index (κ2) is 9.93. The van der Waals surface area contributed by atoms with Crippen molar-refractivity contribution in [2.45, 2.75) is 24.8 Å². The summed E-state index contributed by atoms with van der Waals surface area (Å²) in [5.41, 5.74) is 1.46. The van der Waals surface area contributed by atoms with Crippen LogP contribution in [0.2, 0.25) is 5.02 Å². The van der Waals surface area contributed by atoms with Gasteiger partial charge in [-0.2, -0.15) is 0 Å². The first-order valence-corrected chi connectivity index (χ1v) is 11.6. The van der Waals surface area contributed by atoms with Gasteiger partial charge in [0.25, 0.3) is 15.9 Å². The second-order valence-corrected chi connectivity index (χ2v) is 9.03. The van der Waals surface area contributed by atoms with Crippen molar-refractivity contribution in [1.29, 1.82) is 0 Å². The largest absolute Gasteiger partial charge is 0.493 e. The molecule has 0 aliphatic carbocycles. The van der Waals surface area contributed by atoms with Crippen molar-refractivity contribution in [1.82, 2.24) is 0 Å². The Kier molecular flexibility index (Phi) is 7.27. The van der Waals surface area contributed by atoms with Crippen LogP contribution in [-0.4, -0.2) is 27.5 Å². The van der Waals surface area contributed by atoms with E-state index in [2.05, 4.69) is 10.0 Å². The zero-order valence-electron chi connectivity index (χ0n) is 17.8. The molecule has 0 unspecified atom stereocenters. The van der Waals surface area contributed by atoms with E-state index in [4.69, 9.17) is 21.1 Å². The molecule has 0 saturated heterocycles. The number of methoxy groups -OCH3 is 1. The fourth-order valence-electron chi connectivity index (χ4n) is 2.84. The van der Waals surface area contributed by atoms with Crippen molar-refractivity contribution in [2.75, 3.05) is 17.1 Å². The molecule has 0 spiro atoms. The maximum Gasteiger partial charge on any atom is 0.265 e. The topological polar surface area (TPSA) is 93.7 Å². The van der Waals surface area contributed by atoms with E-state index in [9.17, 15) is 13.2 Å². The minimum atomic E-state index is -3.82. The van der Waals surface area contributed by atoms with Crippen LogP contribution in [0, 0.1) is 6.92 Å². The van der Waals surface area contributed by atoms with Gasteiger partial charge in [-0.15, -0.1) is 0 Å². The van der Waals surface area contributed by atoms with Crippen LogP contribution in [0.25, 0.3) is 0 Å². The number of sulfonamides is 1.